The Morgan fingerprint density at radius 2 is 2.25 bits per heavy atom. The van der Waals surface area contributed by atoms with Gasteiger partial charge in [-0.25, -0.2) is 4.98 Å². The smallest absolute Gasteiger partial charge is 0.170 e. The Bertz CT molecular complexity index is 758. The zero-order valence-electron chi connectivity index (χ0n) is 11.4. The van der Waals surface area contributed by atoms with Crippen LogP contribution in [0.5, 0.6) is 0 Å². The first-order chi connectivity index (χ1) is 9.69. The van der Waals surface area contributed by atoms with Crippen LogP contribution >= 0.6 is 0 Å². The van der Waals surface area contributed by atoms with Gasteiger partial charge in [-0.2, -0.15) is 5.10 Å². The predicted molar refractivity (Wildman–Crippen MR) is 75.9 cm³/mol. The molecule has 0 spiro atoms. The van der Waals surface area contributed by atoms with E-state index in [1.54, 1.807) is 9.08 Å². The van der Waals surface area contributed by atoms with E-state index in [4.69, 9.17) is 0 Å². The molecule has 0 aromatic carbocycles. The van der Waals surface area contributed by atoms with Gasteiger partial charge in [0, 0.05) is 38.6 Å². The number of rotatable bonds is 4. The fourth-order valence-corrected chi connectivity index (χ4v) is 2.30. The van der Waals surface area contributed by atoms with Crippen molar-refractivity contribution >= 4 is 17.8 Å². The number of imidazole rings is 1. The molecule has 6 nitrogen and oxygen atoms in total. The lowest BCUT2D eigenvalue weighted by Gasteiger charge is -2.15. The summed E-state index contributed by atoms with van der Waals surface area (Å²) in [5.41, 5.74) is 2.40. The van der Waals surface area contributed by atoms with Crippen LogP contribution in [0.4, 0.5) is 5.82 Å². The first-order valence-electron chi connectivity index (χ1n) is 6.30. The molecule has 0 atom stereocenters. The second kappa shape index (κ2) is 4.80. The van der Waals surface area contributed by atoms with Gasteiger partial charge in [0.1, 0.15) is 11.3 Å². The van der Waals surface area contributed by atoms with E-state index < -0.39 is 0 Å². The van der Waals surface area contributed by atoms with Crippen molar-refractivity contribution in [3.05, 3.63) is 48.0 Å². The van der Waals surface area contributed by atoms with Gasteiger partial charge in [0.05, 0.1) is 6.20 Å². The Kier molecular flexibility index (Phi) is 2.98. The van der Waals surface area contributed by atoms with Gasteiger partial charge in [0.15, 0.2) is 12.1 Å². The van der Waals surface area contributed by atoms with Crippen LogP contribution in [-0.2, 0) is 13.6 Å². The Hall–Kier alpha value is -2.63. The molecule has 0 radical (unpaired) electrons. The van der Waals surface area contributed by atoms with Crippen molar-refractivity contribution in [3.63, 3.8) is 0 Å². The minimum atomic E-state index is 0.562. The molecule has 0 bridgehead atoms. The van der Waals surface area contributed by atoms with Gasteiger partial charge in [0.25, 0.3) is 0 Å². The van der Waals surface area contributed by atoms with Crippen molar-refractivity contribution < 1.29 is 4.79 Å². The van der Waals surface area contributed by atoms with Crippen molar-refractivity contribution in [2.45, 2.75) is 6.54 Å². The average molecular weight is 269 g/mol. The lowest BCUT2D eigenvalue weighted by atomic mass is 10.3. The van der Waals surface area contributed by atoms with E-state index >= 15 is 0 Å². The van der Waals surface area contributed by atoms with E-state index in [1.165, 1.54) is 0 Å². The number of carbonyl (C=O) groups excluding carboxylic acids is 1. The zero-order chi connectivity index (χ0) is 14.1. The number of hydrogen-bond donors (Lipinski definition) is 0. The highest BCUT2D eigenvalue weighted by molar-refractivity contribution is 5.83. The van der Waals surface area contributed by atoms with Crippen LogP contribution in [0.15, 0.2) is 36.8 Å². The molecule has 0 unspecified atom stereocenters. The van der Waals surface area contributed by atoms with E-state index in [-0.39, 0.29) is 0 Å². The summed E-state index contributed by atoms with van der Waals surface area (Å²) in [6, 6.07) is 5.67. The molecule has 20 heavy (non-hydrogen) atoms. The van der Waals surface area contributed by atoms with Gasteiger partial charge in [0.2, 0.25) is 0 Å². The number of anilines is 1. The van der Waals surface area contributed by atoms with Gasteiger partial charge in [-0.15, -0.1) is 0 Å². The number of aromatic nitrogens is 4. The van der Waals surface area contributed by atoms with Crippen LogP contribution in [0, 0.1) is 0 Å². The molecule has 0 aliphatic heterocycles. The van der Waals surface area contributed by atoms with Gasteiger partial charge in [-0.3, -0.25) is 13.9 Å². The molecular weight excluding hydrogens is 254 g/mol. The summed E-state index contributed by atoms with van der Waals surface area (Å²) in [6.07, 6.45) is 6.45. The summed E-state index contributed by atoms with van der Waals surface area (Å²) < 4.78 is 3.55. The Balaban J connectivity index is 1.98. The fourth-order valence-electron chi connectivity index (χ4n) is 2.30. The number of carbonyl (C=O) groups is 1. The molecule has 0 saturated heterocycles. The quantitative estimate of drug-likeness (QED) is 0.674. The first kappa shape index (κ1) is 12.4. The van der Waals surface area contributed by atoms with E-state index in [1.807, 2.05) is 55.8 Å². The standard InChI is InChI=1S/C14H15N5O/c1-17(8-11-7-15-18(2)9-11)14-12(10-20)19-6-4-3-5-13(19)16-14/h3-7,9-10H,8H2,1-2H3. The lowest BCUT2D eigenvalue weighted by Crippen LogP contribution is -2.18. The summed E-state index contributed by atoms with van der Waals surface area (Å²) in [7, 11) is 3.80. The molecule has 0 fully saturated rings. The third-order valence-corrected chi connectivity index (χ3v) is 3.20. The van der Waals surface area contributed by atoms with Crippen molar-refractivity contribution in [1.29, 1.82) is 0 Å². The summed E-state index contributed by atoms with van der Waals surface area (Å²) in [5.74, 6) is 0.676. The van der Waals surface area contributed by atoms with E-state index in [0.29, 0.717) is 18.1 Å². The van der Waals surface area contributed by atoms with Crippen molar-refractivity contribution in [2.75, 3.05) is 11.9 Å². The maximum absolute atomic E-state index is 11.4. The second-order valence-electron chi connectivity index (χ2n) is 4.75. The summed E-state index contributed by atoms with van der Waals surface area (Å²) >= 11 is 0. The summed E-state index contributed by atoms with van der Waals surface area (Å²) in [4.78, 5) is 17.8. The molecule has 0 N–H and O–H groups in total. The van der Waals surface area contributed by atoms with Crippen molar-refractivity contribution in [1.82, 2.24) is 19.2 Å². The van der Waals surface area contributed by atoms with Crippen LogP contribution in [0.25, 0.3) is 5.65 Å². The number of pyridine rings is 1. The van der Waals surface area contributed by atoms with Gasteiger partial charge < -0.3 is 4.90 Å². The molecule has 3 rings (SSSR count). The minimum Gasteiger partial charge on any atom is -0.353 e. The minimum absolute atomic E-state index is 0.562. The van der Waals surface area contributed by atoms with Gasteiger partial charge in [-0.1, -0.05) is 6.07 Å². The number of hydrogen-bond acceptors (Lipinski definition) is 4. The van der Waals surface area contributed by atoms with Gasteiger partial charge in [-0.05, 0) is 12.1 Å². The highest BCUT2D eigenvalue weighted by atomic mass is 16.1. The summed E-state index contributed by atoms with van der Waals surface area (Å²) in [5, 5.41) is 4.14. The Morgan fingerprint density at radius 3 is 2.95 bits per heavy atom. The van der Waals surface area contributed by atoms with Crippen molar-refractivity contribution in [3.8, 4) is 0 Å². The largest absolute Gasteiger partial charge is 0.353 e. The second-order valence-corrected chi connectivity index (χ2v) is 4.75. The average Bonchev–Trinajstić information content (AvgIpc) is 3.01. The summed E-state index contributed by atoms with van der Waals surface area (Å²) in [6.45, 7) is 0.651. The molecule has 3 aromatic heterocycles. The molecule has 6 heteroatoms. The van der Waals surface area contributed by atoms with Gasteiger partial charge >= 0.3 is 0 Å². The van der Waals surface area contributed by atoms with Crippen LogP contribution in [0.2, 0.25) is 0 Å². The third kappa shape index (κ3) is 2.05. The predicted octanol–water partition coefficient (Wildman–Crippen LogP) is 1.52. The van der Waals surface area contributed by atoms with Crippen LogP contribution in [0.1, 0.15) is 16.1 Å². The Labute approximate surface area is 116 Å². The van der Waals surface area contributed by atoms with E-state index in [2.05, 4.69) is 10.1 Å². The number of nitrogens with zero attached hydrogens (tertiary/aromatic N) is 5. The first-order valence-corrected chi connectivity index (χ1v) is 6.30. The van der Waals surface area contributed by atoms with Crippen LogP contribution in [-0.4, -0.2) is 32.5 Å². The molecule has 3 aromatic rings. The highest BCUT2D eigenvalue weighted by Crippen LogP contribution is 2.20. The molecule has 0 aliphatic carbocycles. The molecule has 0 saturated carbocycles. The highest BCUT2D eigenvalue weighted by Gasteiger charge is 2.15. The fraction of sp³-hybridized carbons (Fsp3) is 0.214. The molecule has 102 valence electrons. The maximum atomic E-state index is 11.4. The van der Waals surface area contributed by atoms with Crippen LogP contribution in [0.3, 0.4) is 0 Å². The monoisotopic (exact) mass is 269 g/mol. The number of aryl methyl sites for hydroxylation is 1. The molecule has 0 aliphatic rings. The topological polar surface area (TPSA) is 55.4 Å². The van der Waals surface area contributed by atoms with Crippen LogP contribution < -0.4 is 4.90 Å². The molecular formula is C14H15N5O. The van der Waals surface area contributed by atoms with E-state index in [9.17, 15) is 4.79 Å². The lowest BCUT2D eigenvalue weighted by molar-refractivity contribution is 0.111. The van der Waals surface area contributed by atoms with E-state index in [0.717, 1.165) is 17.5 Å². The molecule has 0 amide bonds. The Morgan fingerprint density at radius 1 is 1.40 bits per heavy atom. The SMILES string of the molecule is CN(Cc1cnn(C)c1)c1nc2ccccn2c1C=O. The number of fused-ring (bicyclic) bond motifs is 1. The molecule has 3 heterocycles. The maximum Gasteiger partial charge on any atom is 0.170 e. The third-order valence-electron chi connectivity index (χ3n) is 3.20. The number of aldehydes is 1. The zero-order valence-corrected chi connectivity index (χ0v) is 11.4. The normalized spacial score (nSPS) is 10.9. The van der Waals surface area contributed by atoms with Crippen molar-refractivity contribution in [2.24, 2.45) is 7.05 Å².